The number of nitrogens with zero attached hydrogens (tertiary/aromatic N) is 1. The van der Waals surface area contributed by atoms with Gasteiger partial charge in [0.1, 0.15) is 4.21 Å². The smallest absolute Gasteiger partial charge is 0.215 e. The zero-order valence-corrected chi connectivity index (χ0v) is 16.9. The van der Waals surface area contributed by atoms with E-state index in [9.17, 15) is 16.8 Å². The van der Waals surface area contributed by atoms with E-state index in [1.165, 1.54) is 15.6 Å². The summed E-state index contributed by atoms with van der Waals surface area (Å²) in [4.78, 5) is 0.927. The molecule has 0 unspecified atom stereocenters. The summed E-state index contributed by atoms with van der Waals surface area (Å²) in [5.41, 5.74) is 1.00. The Bertz CT molecular complexity index is 945. The molecule has 0 bridgehead atoms. The number of hydrogen-bond donors (Lipinski definition) is 1. The lowest BCUT2D eigenvalue weighted by Crippen LogP contribution is -2.41. The molecule has 6 nitrogen and oxygen atoms in total. The van der Waals surface area contributed by atoms with Crippen LogP contribution >= 0.6 is 11.3 Å². The standard InChI is InChI=1S/C17H22N2O4S3/c1-25(20,21)18-13-14-9-11-19(12-10-14)26(22,23)17-8-7-16(24-17)15-5-3-2-4-6-15/h2-8,14,18H,9-13H2,1H3. The van der Waals surface area contributed by atoms with E-state index in [0.29, 0.717) is 36.7 Å². The Labute approximate surface area is 159 Å². The second-order valence-corrected chi connectivity index (χ2v) is 11.5. The number of benzene rings is 1. The fourth-order valence-corrected chi connectivity index (χ4v) is 6.44. The molecule has 3 rings (SSSR count). The van der Waals surface area contributed by atoms with Crippen molar-refractivity contribution >= 4 is 31.4 Å². The molecule has 1 saturated heterocycles. The third-order valence-electron chi connectivity index (χ3n) is 4.44. The van der Waals surface area contributed by atoms with Crippen molar-refractivity contribution in [2.45, 2.75) is 17.1 Å². The van der Waals surface area contributed by atoms with Crippen LogP contribution in [0.25, 0.3) is 10.4 Å². The molecule has 1 N–H and O–H groups in total. The van der Waals surface area contributed by atoms with Crippen LogP contribution in [0.4, 0.5) is 0 Å². The summed E-state index contributed by atoms with van der Waals surface area (Å²) in [7, 11) is -6.71. The highest BCUT2D eigenvalue weighted by Gasteiger charge is 2.30. The summed E-state index contributed by atoms with van der Waals surface area (Å²) in [6.45, 7) is 1.19. The molecular formula is C17H22N2O4S3. The monoisotopic (exact) mass is 414 g/mol. The third kappa shape index (κ3) is 4.72. The van der Waals surface area contributed by atoms with Gasteiger partial charge in [-0.1, -0.05) is 30.3 Å². The molecule has 0 atom stereocenters. The molecule has 9 heteroatoms. The van der Waals surface area contributed by atoms with E-state index in [1.54, 1.807) is 6.07 Å². The predicted octanol–water partition coefficient (Wildman–Crippen LogP) is 2.37. The molecule has 0 spiro atoms. The lowest BCUT2D eigenvalue weighted by atomic mass is 9.99. The van der Waals surface area contributed by atoms with Crippen molar-refractivity contribution in [3.63, 3.8) is 0 Å². The van der Waals surface area contributed by atoms with Gasteiger partial charge >= 0.3 is 0 Å². The summed E-state index contributed by atoms with van der Waals surface area (Å²) in [6.07, 6.45) is 2.44. The van der Waals surface area contributed by atoms with Crippen molar-refractivity contribution in [3.05, 3.63) is 42.5 Å². The van der Waals surface area contributed by atoms with Crippen LogP contribution in [0, 0.1) is 5.92 Å². The number of rotatable bonds is 6. The summed E-state index contributed by atoms with van der Waals surface area (Å²) in [5.74, 6) is 0.166. The Kier molecular flexibility index (Phi) is 5.83. The van der Waals surface area contributed by atoms with E-state index in [2.05, 4.69) is 4.72 Å². The molecule has 1 fully saturated rings. The normalized spacial score (nSPS) is 17.4. The Morgan fingerprint density at radius 2 is 1.69 bits per heavy atom. The van der Waals surface area contributed by atoms with Crippen molar-refractivity contribution in [3.8, 4) is 10.4 Å². The van der Waals surface area contributed by atoms with Crippen LogP contribution in [-0.2, 0) is 20.0 Å². The molecular weight excluding hydrogens is 392 g/mol. The number of hydrogen-bond acceptors (Lipinski definition) is 5. The van der Waals surface area contributed by atoms with Crippen molar-refractivity contribution in [1.29, 1.82) is 0 Å². The van der Waals surface area contributed by atoms with Gasteiger partial charge in [-0.2, -0.15) is 4.31 Å². The van der Waals surface area contributed by atoms with Crippen molar-refractivity contribution in [2.24, 2.45) is 5.92 Å². The SMILES string of the molecule is CS(=O)(=O)NCC1CCN(S(=O)(=O)c2ccc(-c3ccccc3)s2)CC1. The third-order valence-corrected chi connectivity index (χ3v) is 8.63. The molecule has 26 heavy (non-hydrogen) atoms. The van der Waals surface area contributed by atoms with Crippen LogP contribution in [0.15, 0.2) is 46.7 Å². The van der Waals surface area contributed by atoms with Crippen molar-refractivity contribution < 1.29 is 16.8 Å². The predicted molar refractivity (Wildman–Crippen MR) is 104 cm³/mol. The maximum atomic E-state index is 12.9. The summed E-state index contributed by atoms with van der Waals surface area (Å²) in [5, 5.41) is 0. The molecule has 0 amide bonds. The van der Waals surface area contributed by atoms with Gasteiger partial charge in [0.05, 0.1) is 6.26 Å². The van der Waals surface area contributed by atoms with Gasteiger partial charge in [0.25, 0.3) is 10.0 Å². The van der Waals surface area contributed by atoms with Gasteiger partial charge < -0.3 is 0 Å². The van der Waals surface area contributed by atoms with Gasteiger partial charge in [-0.3, -0.25) is 0 Å². The summed E-state index contributed by atoms with van der Waals surface area (Å²) < 4.78 is 52.5. The molecule has 2 aromatic rings. The Balaban J connectivity index is 1.66. The zero-order chi connectivity index (χ0) is 18.8. The van der Waals surface area contributed by atoms with Crippen LogP contribution in [-0.4, -0.2) is 47.0 Å². The second-order valence-electron chi connectivity index (χ2n) is 6.45. The molecule has 1 aromatic heterocycles. The minimum atomic E-state index is -3.50. The first kappa shape index (κ1) is 19.5. The van der Waals surface area contributed by atoms with Crippen LogP contribution in [0.2, 0.25) is 0 Å². The minimum Gasteiger partial charge on any atom is -0.215 e. The van der Waals surface area contributed by atoms with E-state index in [0.717, 1.165) is 16.7 Å². The van der Waals surface area contributed by atoms with Gasteiger partial charge in [-0.05, 0) is 36.5 Å². The lowest BCUT2D eigenvalue weighted by Gasteiger charge is -2.30. The van der Waals surface area contributed by atoms with Crippen molar-refractivity contribution in [2.75, 3.05) is 25.9 Å². The van der Waals surface area contributed by atoms with Gasteiger partial charge in [-0.15, -0.1) is 11.3 Å². The quantitative estimate of drug-likeness (QED) is 0.787. The first-order valence-electron chi connectivity index (χ1n) is 8.36. The zero-order valence-electron chi connectivity index (χ0n) is 14.5. The van der Waals surface area contributed by atoms with Gasteiger partial charge in [0.2, 0.25) is 10.0 Å². The highest BCUT2D eigenvalue weighted by molar-refractivity contribution is 7.91. The average molecular weight is 415 g/mol. The van der Waals surface area contributed by atoms with E-state index < -0.39 is 20.0 Å². The summed E-state index contributed by atoms with van der Waals surface area (Å²) >= 11 is 1.28. The maximum absolute atomic E-state index is 12.9. The number of sulfonamides is 2. The van der Waals surface area contributed by atoms with Gasteiger partial charge in [0.15, 0.2) is 0 Å². The Morgan fingerprint density at radius 3 is 2.31 bits per heavy atom. The highest BCUT2D eigenvalue weighted by atomic mass is 32.2. The number of nitrogens with one attached hydrogen (secondary N) is 1. The molecule has 1 aliphatic rings. The fraction of sp³-hybridized carbons (Fsp3) is 0.412. The first-order chi connectivity index (χ1) is 12.3. The second kappa shape index (κ2) is 7.77. The molecule has 142 valence electrons. The minimum absolute atomic E-state index is 0.166. The van der Waals surface area contributed by atoms with Crippen molar-refractivity contribution in [1.82, 2.24) is 9.03 Å². The largest absolute Gasteiger partial charge is 0.252 e. The molecule has 0 radical (unpaired) electrons. The van der Waals surface area contributed by atoms with E-state index in [1.807, 2.05) is 36.4 Å². The molecule has 0 saturated carbocycles. The van der Waals surface area contributed by atoms with Crippen LogP contribution in [0.1, 0.15) is 12.8 Å². The maximum Gasteiger partial charge on any atom is 0.252 e. The Hall–Kier alpha value is -1.26. The van der Waals surface area contributed by atoms with E-state index in [-0.39, 0.29) is 5.92 Å². The van der Waals surface area contributed by atoms with Gasteiger partial charge in [-0.25, -0.2) is 21.6 Å². The average Bonchev–Trinajstić information content (AvgIpc) is 3.11. The van der Waals surface area contributed by atoms with E-state index >= 15 is 0 Å². The molecule has 1 aromatic carbocycles. The molecule has 0 aliphatic carbocycles. The first-order valence-corrected chi connectivity index (χ1v) is 12.5. The molecule has 2 heterocycles. The molecule has 1 aliphatic heterocycles. The Morgan fingerprint density at radius 1 is 1.04 bits per heavy atom. The highest BCUT2D eigenvalue weighted by Crippen LogP contribution is 2.33. The van der Waals surface area contributed by atoms with E-state index in [4.69, 9.17) is 0 Å². The lowest BCUT2D eigenvalue weighted by molar-refractivity contribution is 0.275. The topological polar surface area (TPSA) is 83.6 Å². The van der Waals surface area contributed by atoms with Gasteiger partial charge in [0, 0.05) is 24.5 Å². The van der Waals surface area contributed by atoms with Crippen LogP contribution in [0.3, 0.4) is 0 Å². The number of piperidine rings is 1. The van der Waals surface area contributed by atoms with Crippen LogP contribution < -0.4 is 4.72 Å². The number of thiophene rings is 1. The summed E-state index contributed by atoms with van der Waals surface area (Å²) in [6, 6.07) is 13.2. The fourth-order valence-electron chi connectivity index (χ4n) is 2.97. The van der Waals surface area contributed by atoms with Crippen LogP contribution in [0.5, 0.6) is 0 Å².